The standard InChI is InChI=1S/C26H36N4O/c1-19-10-14-29(15-11-19)25-9-8-23(17-24(25)28)22-5-2-4-20(16-22)18-30(13-3-12-27)26(31)21-6-7-21/h2,4-5,8-9,16-17,19,21H,3,6-7,10-15,18,27-28H2,1H3. The predicted molar refractivity (Wildman–Crippen MR) is 129 cm³/mol. The first-order valence-corrected chi connectivity index (χ1v) is 11.8. The van der Waals surface area contributed by atoms with E-state index in [4.69, 9.17) is 11.5 Å². The van der Waals surface area contributed by atoms with Crippen LogP contribution in [0.1, 0.15) is 44.6 Å². The predicted octanol–water partition coefficient (Wildman–Crippen LogP) is 4.26. The van der Waals surface area contributed by atoms with Crippen molar-refractivity contribution in [2.45, 2.75) is 45.6 Å². The van der Waals surface area contributed by atoms with Gasteiger partial charge in [0, 0.05) is 32.1 Å². The fourth-order valence-electron chi connectivity index (χ4n) is 4.48. The first-order valence-electron chi connectivity index (χ1n) is 11.8. The van der Waals surface area contributed by atoms with Crippen molar-refractivity contribution in [1.82, 2.24) is 4.90 Å². The van der Waals surface area contributed by atoms with Crippen molar-refractivity contribution < 1.29 is 4.79 Å². The highest BCUT2D eigenvalue weighted by Gasteiger charge is 2.33. The van der Waals surface area contributed by atoms with Crippen molar-refractivity contribution in [3.63, 3.8) is 0 Å². The molecule has 1 saturated carbocycles. The zero-order valence-electron chi connectivity index (χ0n) is 18.7. The van der Waals surface area contributed by atoms with E-state index >= 15 is 0 Å². The number of hydrogen-bond acceptors (Lipinski definition) is 4. The molecule has 2 aromatic carbocycles. The van der Waals surface area contributed by atoms with Crippen molar-refractivity contribution in [2.75, 3.05) is 36.8 Å². The summed E-state index contributed by atoms with van der Waals surface area (Å²) in [5.41, 5.74) is 17.6. The number of carbonyl (C=O) groups excluding carboxylic acids is 1. The molecule has 2 aliphatic rings. The molecule has 5 nitrogen and oxygen atoms in total. The van der Waals surface area contributed by atoms with Crippen molar-refractivity contribution >= 4 is 17.3 Å². The Balaban J connectivity index is 1.49. The van der Waals surface area contributed by atoms with E-state index in [9.17, 15) is 4.79 Å². The van der Waals surface area contributed by atoms with Crippen molar-refractivity contribution in [3.8, 4) is 11.1 Å². The molecule has 4 rings (SSSR count). The summed E-state index contributed by atoms with van der Waals surface area (Å²) < 4.78 is 0. The third-order valence-corrected chi connectivity index (χ3v) is 6.66. The summed E-state index contributed by atoms with van der Waals surface area (Å²) in [5, 5.41) is 0. The minimum atomic E-state index is 0.228. The molecule has 1 amide bonds. The van der Waals surface area contributed by atoms with Gasteiger partial charge in [-0.2, -0.15) is 0 Å². The summed E-state index contributed by atoms with van der Waals surface area (Å²) in [7, 11) is 0. The molecule has 1 aliphatic carbocycles. The van der Waals surface area contributed by atoms with E-state index in [1.165, 1.54) is 12.8 Å². The molecule has 31 heavy (non-hydrogen) atoms. The summed E-state index contributed by atoms with van der Waals surface area (Å²) in [4.78, 5) is 17.1. The highest BCUT2D eigenvalue weighted by molar-refractivity contribution is 5.81. The van der Waals surface area contributed by atoms with E-state index < -0.39 is 0 Å². The van der Waals surface area contributed by atoms with E-state index in [0.717, 1.165) is 72.9 Å². The van der Waals surface area contributed by atoms with Gasteiger partial charge in [0.2, 0.25) is 5.91 Å². The molecule has 2 aromatic rings. The van der Waals surface area contributed by atoms with Crippen LogP contribution in [0.2, 0.25) is 0 Å². The van der Waals surface area contributed by atoms with E-state index in [2.05, 4.69) is 54.3 Å². The Morgan fingerprint density at radius 1 is 1.06 bits per heavy atom. The minimum Gasteiger partial charge on any atom is -0.397 e. The fourth-order valence-corrected chi connectivity index (χ4v) is 4.48. The maximum absolute atomic E-state index is 12.7. The second-order valence-electron chi connectivity index (χ2n) is 9.32. The Morgan fingerprint density at radius 3 is 2.48 bits per heavy atom. The zero-order valence-corrected chi connectivity index (χ0v) is 18.7. The molecule has 0 radical (unpaired) electrons. The average Bonchev–Trinajstić information content (AvgIpc) is 3.62. The number of nitrogen functional groups attached to an aromatic ring is 1. The second kappa shape index (κ2) is 9.73. The van der Waals surface area contributed by atoms with Crippen LogP contribution in [0, 0.1) is 11.8 Å². The molecule has 1 heterocycles. The number of benzene rings is 2. The maximum Gasteiger partial charge on any atom is 0.225 e. The smallest absolute Gasteiger partial charge is 0.225 e. The molecule has 0 bridgehead atoms. The molecule has 0 aromatic heterocycles. The quantitative estimate of drug-likeness (QED) is 0.626. The van der Waals surface area contributed by atoms with E-state index in [-0.39, 0.29) is 11.8 Å². The lowest BCUT2D eigenvalue weighted by atomic mass is 9.97. The summed E-state index contributed by atoms with van der Waals surface area (Å²) in [5.74, 6) is 1.31. The van der Waals surface area contributed by atoms with Gasteiger partial charge in [-0.1, -0.05) is 31.2 Å². The third kappa shape index (κ3) is 5.40. The van der Waals surface area contributed by atoms with Crippen LogP contribution >= 0.6 is 0 Å². The van der Waals surface area contributed by atoms with Crippen LogP contribution < -0.4 is 16.4 Å². The van der Waals surface area contributed by atoms with Gasteiger partial charge in [-0.25, -0.2) is 0 Å². The van der Waals surface area contributed by atoms with Crippen LogP contribution in [-0.4, -0.2) is 37.0 Å². The largest absolute Gasteiger partial charge is 0.397 e. The van der Waals surface area contributed by atoms with Gasteiger partial charge in [-0.05, 0) is 79.5 Å². The Hall–Kier alpha value is -2.53. The Morgan fingerprint density at radius 2 is 1.81 bits per heavy atom. The summed E-state index contributed by atoms with van der Waals surface area (Å²) in [6, 6.07) is 14.9. The van der Waals surface area contributed by atoms with Crippen molar-refractivity contribution in [1.29, 1.82) is 0 Å². The SMILES string of the molecule is CC1CCN(c2ccc(-c3cccc(CN(CCCN)C(=O)C4CC4)c3)cc2N)CC1. The molecule has 0 unspecified atom stereocenters. The molecule has 0 spiro atoms. The summed E-state index contributed by atoms with van der Waals surface area (Å²) in [6.07, 6.45) is 5.34. The van der Waals surface area contributed by atoms with Crippen molar-refractivity contribution in [2.24, 2.45) is 17.6 Å². The first kappa shape index (κ1) is 21.7. The van der Waals surface area contributed by atoms with Gasteiger partial charge in [0.15, 0.2) is 0 Å². The van der Waals surface area contributed by atoms with Gasteiger partial charge in [-0.15, -0.1) is 0 Å². The van der Waals surface area contributed by atoms with Crippen LogP contribution in [0.25, 0.3) is 11.1 Å². The molecule has 0 atom stereocenters. The molecular weight excluding hydrogens is 384 g/mol. The summed E-state index contributed by atoms with van der Waals surface area (Å²) in [6.45, 7) is 6.46. The zero-order chi connectivity index (χ0) is 21.8. The topological polar surface area (TPSA) is 75.6 Å². The highest BCUT2D eigenvalue weighted by atomic mass is 16.2. The van der Waals surface area contributed by atoms with E-state index in [0.29, 0.717) is 13.1 Å². The van der Waals surface area contributed by atoms with Gasteiger partial charge in [0.25, 0.3) is 0 Å². The molecule has 2 fully saturated rings. The van der Waals surface area contributed by atoms with Gasteiger partial charge in [0.1, 0.15) is 0 Å². The third-order valence-electron chi connectivity index (χ3n) is 6.66. The van der Waals surface area contributed by atoms with Crippen LogP contribution in [0.3, 0.4) is 0 Å². The number of rotatable bonds is 8. The number of carbonyl (C=O) groups is 1. The number of nitrogens with two attached hydrogens (primary N) is 2. The molecule has 1 aliphatic heterocycles. The lowest BCUT2D eigenvalue weighted by Crippen LogP contribution is -2.33. The Labute approximate surface area is 186 Å². The monoisotopic (exact) mass is 420 g/mol. The number of nitrogens with zero attached hydrogens (tertiary/aromatic N) is 2. The van der Waals surface area contributed by atoms with Crippen LogP contribution in [0.15, 0.2) is 42.5 Å². The molecule has 166 valence electrons. The van der Waals surface area contributed by atoms with Gasteiger partial charge >= 0.3 is 0 Å². The Bertz CT molecular complexity index is 900. The van der Waals surface area contributed by atoms with Gasteiger partial charge in [0.05, 0.1) is 11.4 Å². The normalized spacial score (nSPS) is 17.0. The van der Waals surface area contributed by atoms with Crippen LogP contribution in [0.4, 0.5) is 11.4 Å². The number of amides is 1. The fraction of sp³-hybridized carbons (Fsp3) is 0.500. The number of hydrogen-bond donors (Lipinski definition) is 2. The molecule has 5 heteroatoms. The Kier molecular flexibility index (Phi) is 6.81. The van der Waals surface area contributed by atoms with Gasteiger partial charge < -0.3 is 21.3 Å². The average molecular weight is 421 g/mol. The number of piperidine rings is 1. The molecule has 1 saturated heterocycles. The number of anilines is 2. The molecular formula is C26H36N4O. The first-order chi connectivity index (χ1) is 15.0. The minimum absolute atomic E-state index is 0.228. The van der Waals surface area contributed by atoms with Crippen molar-refractivity contribution in [3.05, 3.63) is 48.0 Å². The van der Waals surface area contributed by atoms with Crippen LogP contribution in [-0.2, 0) is 11.3 Å². The van der Waals surface area contributed by atoms with Crippen LogP contribution in [0.5, 0.6) is 0 Å². The second-order valence-corrected chi connectivity index (χ2v) is 9.32. The van der Waals surface area contributed by atoms with E-state index in [1.807, 2.05) is 4.90 Å². The van der Waals surface area contributed by atoms with Gasteiger partial charge in [-0.3, -0.25) is 4.79 Å². The lowest BCUT2D eigenvalue weighted by molar-refractivity contribution is -0.133. The highest BCUT2D eigenvalue weighted by Crippen LogP contribution is 2.33. The maximum atomic E-state index is 12.7. The molecule has 4 N–H and O–H groups in total. The lowest BCUT2D eigenvalue weighted by Gasteiger charge is -2.33. The van der Waals surface area contributed by atoms with E-state index in [1.54, 1.807) is 0 Å². The summed E-state index contributed by atoms with van der Waals surface area (Å²) >= 11 is 0.